The zero-order valence-corrected chi connectivity index (χ0v) is 19.6. The van der Waals surface area contributed by atoms with Gasteiger partial charge in [-0.25, -0.2) is 18.7 Å². The van der Waals surface area contributed by atoms with Crippen molar-refractivity contribution < 1.29 is 13.5 Å². The van der Waals surface area contributed by atoms with E-state index in [1.165, 1.54) is 0 Å². The highest BCUT2D eigenvalue weighted by Gasteiger charge is 2.47. The minimum Gasteiger partial charge on any atom is -0.472 e. The molecule has 6 rings (SSSR count). The van der Waals surface area contributed by atoms with Crippen LogP contribution in [0.25, 0.3) is 11.0 Å². The van der Waals surface area contributed by atoms with Crippen LogP contribution < -0.4 is 4.74 Å². The zero-order valence-electron chi connectivity index (χ0n) is 19.6. The number of fused-ring (bicyclic) bond motifs is 2. The molecule has 2 aromatic heterocycles. The van der Waals surface area contributed by atoms with E-state index in [0.717, 1.165) is 42.8 Å². The van der Waals surface area contributed by atoms with E-state index in [1.54, 1.807) is 6.20 Å². The van der Waals surface area contributed by atoms with E-state index in [0.29, 0.717) is 30.6 Å². The second-order valence-electron chi connectivity index (χ2n) is 10.4. The van der Waals surface area contributed by atoms with E-state index in [4.69, 9.17) is 9.72 Å². The van der Waals surface area contributed by atoms with Gasteiger partial charge in [0.25, 0.3) is 0 Å². The lowest BCUT2D eigenvalue weighted by Crippen LogP contribution is -2.40. The van der Waals surface area contributed by atoms with E-state index in [1.807, 2.05) is 24.3 Å². The number of para-hydroxylation sites is 2. The van der Waals surface area contributed by atoms with Crippen molar-refractivity contribution in [2.24, 2.45) is 11.8 Å². The molecular formula is C27H32F2N4O. The van der Waals surface area contributed by atoms with E-state index in [-0.39, 0.29) is 31.0 Å². The second kappa shape index (κ2) is 8.59. The fourth-order valence-electron chi connectivity index (χ4n) is 6.67. The minimum absolute atomic E-state index is 0.0110. The van der Waals surface area contributed by atoms with Gasteiger partial charge in [-0.05, 0) is 62.6 Å². The van der Waals surface area contributed by atoms with E-state index < -0.39 is 5.92 Å². The Morgan fingerprint density at radius 2 is 1.71 bits per heavy atom. The van der Waals surface area contributed by atoms with Gasteiger partial charge in [-0.2, -0.15) is 0 Å². The average molecular weight is 467 g/mol. The third-order valence-electron chi connectivity index (χ3n) is 8.33. The molecule has 2 aliphatic carbocycles. The largest absolute Gasteiger partial charge is 0.472 e. The van der Waals surface area contributed by atoms with Crippen LogP contribution in [0.5, 0.6) is 5.88 Å². The van der Waals surface area contributed by atoms with Crippen LogP contribution in [0.15, 0.2) is 48.7 Å². The number of aromatic nitrogens is 3. The maximum Gasteiger partial charge on any atom is 0.248 e. The molecule has 3 aromatic rings. The molecular weight excluding hydrogens is 434 g/mol. The Bertz CT molecular complexity index is 1140. The predicted molar refractivity (Wildman–Crippen MR) is 127 cm³/mol. The predicted octanol–water partition coefficient (Wildman–Crippen LogP) is 5.65. The molecule has 3 aliphatic rings. The topological polar surface area (TPSA) is 43.2 Å². The molecule has 1 saturated heterocycles. The van der Waals surface area contributed by atoms with Gasteiger partial charge < -0.3 is 9.30 Å². The van der Waals surface area contributed by atoms with Crippen LogP contribution in [0.3, 0.4) is 0 Å². The van der Waals surface area contributed by atoms with Crippen LogP contribution in [0.2, 0.25) is 0 Å². The van der Waals surface area contributed by atoms with E-state index in [9.17, 15) is 8.78 Å². The number of pyridine rings is 1. The van der Waals surface area contributed by atoms with Crippen molar-refractivity contribution in [1.29, 1.82) is 0 Å². The molecule has 0 bridgehead atoms. The summed E-state index contributed by atoms with van der Waals surface area (Å²) in [6.45, 7) is 4.06. The number of hydrogen-bond donors (Lipinski definition) is 0. The molecule has 7 heteroatoms. The van der Waals surface area contributed by atoms with Crippen LogP contribution >= 0.6 is 0 Å². The Balaban J connectivity index is 1.28. The van der Waals surface area contributed by atoms with Crippen molar-refractivity contribution in [3.63, 3.8) is 0 Å². The van der Waals surface area contributed by atoms with Gasteiger partial charge in [-0.3, -0.25) is 4.90 Å². The molecule has 34 heavy (non-hydrogen) atoms. The Morgan fingerprint density at radius 3 is 2.47 bits per heavy atom. The van der Waals surface area contributed by atoms with Crippen molar-refractivity contribution in [1.82, 2.24) is 19.4 Å². The van der Waals surface area contributed by atoms with Crippen LogP contribution in [-0.2, 0) is 0 Å². The lowest BCUT2D eigenvalue weighted by atomic mass is 9.77. The normalized spacial score (nSPS) is 29.9. The Kier molecular flexibility index (Phi) is 5.55. The van der Waals surface area contributed by atoms with Gasteiger partial charge in [-0.1, -0.05) is 18.2 Å². The van der Waals surface area contributed by atoms with E-state index in [2.05, 4.69) is 39.6 Å². The smallest absolute Gasteiger partial charge is 0.248 e. The summed E-state index contributed by atoms with van der Waals surface area (Å²) in [4.78, 5) is 11.8. The number of alkyl halides is 2. The maximum absolute atomic E-state index is 13.7. The fraction of sp³-hybridized carbons (Fsp3) is 0.556. The monoisotopic (exact) mass is 466 g/mol. The van der Waals surface area contributed by atoms with Crippen LogP contribution in [0.4, 0.5) is 8.78 Å². The summed E-state index contributed by atoms with van der Waals surface area (Å²) in [6, 6.07) is 14.5. The second-order valence-corrected chi connectivity index (χ2v) is 10.4. The summed E-state index contributed by atoms with van der Waals surface area (Å²) in [5.74, 6) is 0.237. The van der Waals surface area contributed by atoms with Gasteiger partial charge >= 0.3 is 0 Å². The molecule has 0 spiro atoms. The average Bonchev–Trinajstić information content (AvgIpc) is 3.38. The van der Waals surface area contributed by atoms with Crippen molar-refractivity contribution in [3.8, 4) is 5.88 Å². The molecule has 3 fully saturated rings. The summed E-state index contributed by atoms with van der Waals surface area (Å²) >= 11 is 0. The molecule has 0 amide bonds. The first-order chi connectivity index (χ1) is 16.5. The highest BCUT2D eigenvalue weighted by atomic mass is 19.3. The first-order valence-electron chi connectivity index (χ1n) is 12.6. The molecule has 1 aliphatic heterocycles. The molecule has 1 aromatic carbocycles. The number of aryl methyl sites for hydroxylation is 1. The van der Waals surface area contributed by atoms with Crippen LogP contribution in [0, 0.1) is 18.8 Å². The summed E-state index contributed by atoms with van der Waals surface area (Å²) in [7, 11) is 0. The zero-order chi connectivity index (χ0) is 23.3. The minimum atomic E-state index is -2.48. The molecule has 0 radical (unpaired) electrons. The van der Waals surface area contributed by atoms with Gasteiger partial charge in [0.05, 0.1) is 17.1 Å². The summed E-state index contributed by atoms with van der Waals surface area (Å²) < 4.78 is 36.4. The molecule has 0 N–H and O–H groups in total. The lowest BCUT2D eigenvalue weighted by Gasteiger charge is -2.39. The first kappa shape index (κ1) is 22.0. The molecule has 180 valence electrons. The highest BCUT2D eigenvalue weighted by Crippen LogP contribution is 2.46. The molecule has 0 unspecified atom stereocenters. The van der Waals surface area contributed by atoms with Crippen molar-refractivity contribution in [3.05, 3.63) is 54.5 Å². The maximum atomic E-state index is 13.7. The third kappa shape index (κ3) is 4.08. The quantitative estimate of drug-likeness (QED) is 0.499. The Labute approximate surface area is 199 Å². The summed E-state index contributed by atoms with van der Waals surface area (Å²) in [6.07, 6.45) is 4.96. The van der Waals surface area contributed by atoms with Crippen molar-refractivity contribution in [2.45, 2.75) is 69.6 Å². The summed E-state index contributed by atoms with van der Waals surface area (Å²) in [5, 5.41) is 0. The number of nitrogens with zero attached hydrogens (tertiary/aromatic N) is 4. The molecule has 5 nitrogen and oxygen atoms in total. The number of likely N-dealkylation sites (tertiary alicyclic amines) is 1. The Morgan fingerprint density at radius 1 is 0.971 bits per heavy atom. The number of ether oxygens (including phenoxy) is 1. The van der Waals surface area contributed by atoms with E-state index >= 15 is 0 Å². The fourth-order valence-corrected chi connectivity index (χ4v) is 6.67. The Hall–Kier alpha value is -2.54. The van der Waals surface area contributed by atoms with Crippen LogP contribution in [-0.4, -0.2) is 50.6 Å². The van der Waals surface area contributed by atoms with Gasteiger partial charge in [0.2, 0.25) is 11.8 Å². The van der Waals surface area contributed by atoms with Gasteiger partial charge in [-0.15, -0.1) is 0 Å². The molecule has 3 heterocycles. The van der Waals surface area contributed by atoms with Gasteiger partial charge in [0.15, 0.2) is 0 Å². The SMILES string of the molecule is Cc1nc2ccccc2n1[C@H]1C[C@H]2CN(C3CCC(F)(F)CC3)C[C@H]2C[C@@H]1Oc1ccccn1. The number of imidazole rings is 1. The van der Waals surface area contributed by atoms with Gasteiger partial charge in [0, 0.05) is 44.2 Å². The third-order valence-corrected chi connectivity index (χ3v) is 8.33. The molecule has 2 saturated carbocycles. The van der Waals surface area contributed by atoms with Gasteiger partial charge in [0.1, 0.15) is 11.9 Å². The van der Waals surface area contributed by atoms with Crippen molar-refractivity contribution in [2.75, 3.05) is 13.1 Å². The highest BCUT2D eigenvalue weighted by molar-refractivity contribution is 5.76. The number of rotatable bonds is 4. The lowest BCUT2D eigenvalue weighted by molar-refractivity contribution is -0.0520. The number of benzene rings is 1. The standard InChI is InChI=1S/C27H32F2N4O/c1-18-31-22-6-2-3-7-23(22)33(18)24-14-19-16-32(21-9-11-27(28,29)12-10-21)17-20(19)15-25(24)34-26-8-4-5-13-30-26/h2-8,13,19-21,24-25H,9-12,14-17H2,1H3/t19-,20+,24-,25-/m0/s1. The number of halogens is 2. The summed E-state index contributed by atoms with van der Waals surface area (Å²) in [5.41, 5.74) is 2.15. The first-order valence-corrected chi connectivity index (χ1v) is 12.6. The number of hydrogen-bond acceptors (Lipinski definition) is 4. The van der Waals surface area contributed by atoms with Crippen LogP contribution in [0.1, 0.15) is 50.4 Å². The molecule has 4 atom stereocenters. The van der Waals surface area contributed by atoms with Crippen molar-refractivity contribution >= 4 is 11.0 Å².